The van der Waals surface area contributed by atoms with Gasteiger partial charge < -0.3 is 21.1 Å². The first-order valence-corrected chi connectivity index (χ1v) is 4.64. The molecule has 0 rings (SSSR count). The van der Waals surface area contributed by atoms with Crippen molar-refractivity contribution in [2.24, 2.45) is 5.73 Å². The highest BCUT2D eigenvalue weighted by Gasteiger charge is 2.21. The standard InChI is InChI=1S/C7H17NO2.C2H4O2/c1-2-7(10,6-8)4-3-5-9;1-2(3)4/h9-10H,2-6,8H2,1H3;1H3,(H,3,4). The summed E-state index contributed by atoms with van der Waals surface area (Å²) >= 11 is 0. The molecule has 0 saturated heterocycles. The molecule has 0 amide bonds. The van der Waals surface area contributed by atoms with Gasteiger partial charge in [0.15, 0.2) is 0 Å². The van der Waals surface area contributed by atoms with Gasteiger partial charge in [0.25, 0.3) is 5.97 Å². The second-order valence-electron chi connectivity index (χ2n) is 3.13. The molecule has 0 spiro atoms. The smallest absolute Gasteiger partial charge is 0.300 e. The first-order chi connectivity index (χ1) is 6.41. The minimum atomic E-state index is -0.833. The monoisotopic (exact) mass is 207 g/mol. The Morgan fingerprint density at radius 2 is 1.93 bits per heavy atom. The summed E-state index contributed by atoms with van der Waals surface area (Å²) in [6, 6.07) is 0. The molecule has 0 fully saturated rings. The summed E-state index contributed by atoms with van der Waals surface area (Å²) in [6.07, 6.45) is 1.88. The van der Waals surface area contributed by atoms with Gasteiger partial charge in [-0.1, -0.05) is 6.92 Å². The number of nitrogens with two attached hydrogens (primary N) is 1. The Bertz CT molecular complexity index is 142. The molecule has 86 valence electrons. The lowest BCUT2D eigenvalue weighted by molar-refractivity contribution is -0.134. The second-order valence-corrected chi connectivity index (χ2v) is 3.13. The maximum atomic E-state index is 9.52. The van der Waals surface area contributed by atoms with Crippen molar-refractivity contribution in [1.82, 2.24) is 0 Å². The molecule has 5 nitrogen and oxygen atoms in total. The number of hydrogen-bond donors (Lipinski definition) is 4. The lowest BCUT2D eigenvalue weighted by Crippen LogP contribution is -2.37. The molecule has 0 heterocycles. The summed E-state index contributed by atoms with van der Waals surface area (Å²) < 4.78 is 0. The van der Waals surface area contributed by atoms with E-state index in [1.54, 1.807) is 0 Å². The summed E-state index contributed by atoms with van der Waals surface area (Å²) in [6.45, 7) is 3.38. The minimum absolute atomic E-state index is 0.127. The van der Waals surface area contributed by atoms with E-state index in [4.69, 9.17) is 20.7 Å². The average molecular weight is 207 g/mol. The van der Waals surface area contributed by atoms with Crippen LogP contribution in [0, 0.1) is 0 Å². The largest absolute Gasteiger partial charge is 0.481 e. The van der Waals surface area contributed by atoms with Gasteiger partial charge in [-0.3, -0.25) is 4.79 Å². The lowest BCUT2D eigenvalue weighted by atomic mass is 9.95. The summed E-state index contributed by atoms with van der Waals surface area (Å²) in [5.41, 5.74) is 4.58. The van der Waals surface area contributed by atoms with E-state index < -0.39 is 11.6 Å². The highest BCUT2D eigenvalue weighted by Crippen LogP contribution is 2.14. The van der Waals surface area contributed by atoms with Crippen molar-refractivity contribution >= 4 is 5.97 Å². The maximum absolute atomic E-state index is 9.52. The summed E-state index contributed by atoms with van der Waals surface area (Å²) in [5, 5.41) is 25.4. The number of rotatable bonds is 5. The van der Waals surface area contributed by atoms with Gasteiger partial charge in [0.05, 0.1) is 5.60 Å². The van der Waals surface area contributed by atoms with Crippen molar-refractivity contribution < 1.29 is 20.1 Å². The van der Waals surface area contributed by atoms with E-state index in [0.717, 1.165) is 6.92 Å². The number of aliphatic hydroxyl groups excluding tert-OH is 1. The van der Waals surface area contributed by atoms with Crippen molar-refractivity contribution in [3.05, 3.63) is 0 Å². The summed E-state index contributed by atoms with van der Waals surface area (Å²) in [7, 11) is 0. The van der Waals surface area contributed by atoms with Gasteiger partial charge in [-0.15, -0.1) is 0 Å². The predicted octanol–water partition coefficient (Wildman–Crippen LogP) is -0.0504. The van der Waals surface area contributed by atoms with Crippen LogP contribution in [0.4, 0.5) is 0 Å². The molecule has 14 heavy (non-hydrogen) atoms. The molecule has 0 saturated carbocycles. The van der Waals surface area contributed by atoms with E-state index >= 15 is 0 Å². The first-order valence-electron chi connectivity index (χ1n) is 4.64. The molecule has 0 bridgehead atoms. The molecule has 5 heteroatoms. The Hall–Kier alpha value is -0.650. The number of aliphatic carboxylic acids is 1. The van der Waals surface area contributed by atoms with Crippen LogP contribution < -0.4 is 5.73 Å². The van der Waals surface area contributed by atoms with Gasteiger partial charge in [-0.2, -0.15) is 0 Å². The van der Waals surface area contributed by atoms with Crippen LogP contribution >= 0.6 is 0 Å². The Morgan fingerprint density at radius 1 is 1.50 bits per heavy atom. The molecule has 0 aliphatic carbocycles. The van der Waals surface area contributed by atoms with E-state index in [1.165, 1.54) is 0 Å². The molecular formula is C9H21NO4. The molecule has 0 aromatic carbocycles. The fraction of sp³-hybridized carbons (Fsp3) is 0.889. The zero-order valence-electron chi connectivity index (χ0n) is 8.86. The molecule has 0 radical (unpaired) electrons. The van der Waals surface area contributed by atoms with Crippen molar-refractivity contribution in [2.75, 3.05) is 13.2 Å². The Labute approximate surface area is 84.5 Å². The maximum Gasteiger partial charge on any atom is 0.300 e. The van der Waals surface area contributed by atoms with Crippen LogP contribution in [0.3, 0.4) is 0 Å². The normalized spacial score (nSPS) is 13.8. The van der Waals surface area contributed by atoms with E-state index in [1.807, 2.05) is 6.92 Å². The summed E-state index contributed by atoms with van der Waals surface area (Å²) in [5.74, 6) is -0.833. The highest BCUT2D eigenvalue weighted by atomic mass is 16.4. The molecule has 1 atom stereocenters. The van der Waals surface area contributed by atoms with Gasteiger partial charge in [0.1, 0.15) is 0 Å². The van der Waals surface area contributed by atoms with E-state index in [0.29, 0.717) is 19.3 Å². The van der Waals surface area contributed by atoms with Crippen molar-refractivity contribution in [3.8, 4) is 0 Å². The van der Waals surface area contributed by atoms with Crippen LogP contribution in [-0.4, -0.2) is 40.0 Å². The Balaban J connectivity index is 0. The van der Waals surface area contributed by atoms with Crippen molar-refractivity contribution in [3.63, 3.8) is 0 Å². The lowest BCUT2D eigenvalue weighted by Gasteiger charge is -2.24. The zero-order valence-corrected chi connectivity index (χ0v) is 8.86. The fourth-order valence-corrected chi connectivity index (χ4v) is 0.831. The minimum Gasteiger partial charge on any atom is -0.481 e. The molecule has 0 aromatic heterocycles. The third kappa shape index (κ3) is 11.4. The molecule has 0 aromatic rings. The summed E-state index contributed by atoms with van der Waals surface area (Å²) in [4.78, 5) is 9.00. The molecule has 5 N–H and O–H groups in total. The van der Waals surface area contributed by atoms with E-state index in [9.17, 15) is 5.11 Å². The van der Waals surface area contributed by atoms with Gasteiger partial charge in [-0.05, 0) is 19.3 Å². The van der Waals surface area contributed by atoms with E-state index in [-0.39, 0.29) is 13.2 Å². The van der Waals surface area contributed by atoms with Gasteiger partial charge >= 0.3 is 0 Å². The van der Waals surface area contributed by atoms with Crippen LogP contribution in [0.1, 0.15) is 33.1 Å². The number of carbonyl (C=O) groups is 1. The van der Waals surface area contributed by atoms with Crippen molar-refractivity contribution in [1.29, 1.82) is 0 Å². The third-order valence-corrected chi connectivity index (χ3v) is 1.84. The number of aliphatic hydroxyl groups is 2. The van der Waals surface area contributed by atoms with Crippen LogP contribution in [0.5, 0.6) is 0 Å². The van der Waals surface area contributed by atoms with Crippen LogP contribution in [0.15, 0.2) is 0 Å². The van der Waals surface area contributed by atoms with Crippen molar-refractivity contribution in [2.45, 2.75) is 38.7 Å². The highest BCUT2D eigenvalue weighted by molar-refractivity contribution is 5.62. The SMILES string of the molecule is CC(=O)O.CCC(O)(CN)CCCO. The van der Waals surface area contributed by atoms with Crippen LogP contribution in [0.2, 0.25) is 0 Å². The number of carboxylic acid groups (broad SMARTS) is 1. The van der Waals surface area contributed by atoms with E-state index in [2.05, 4.69) is 0 Å². The second kappa shape index (κ2) is 8.93. The average Bonchev–Trinajstić information content (AvgIpc) is 2.13. The number of hydrogen-bond acceptors (Lipinski definition) is 4. The predicted molar refractivity (Wildman–Crippen MR) is 53.9 cm³/mol. The Morgan fingerprint density at radius 3 is 2.14 bits per heavy atom. The first kappa shape index (κ1) is 15.8. The molecule has 0 aliphatic rings. The van der Waals surface area contributed by atoms with Gasteiger partial charge in [0.2, 0.25) is 0 Å². The molecular weight excluding hydrogens is 186 g/mol. The molecule has 1 unspecified atom stereocenters. The van der Waals surface area contributed by atoms with Crippen LogP contribution in [-0.2, 0) is 4.79 Å². The topological polar surface area (TPSA) is 104 Å². The zero-order chi connectivity index (χ0) is 11.6. The Kier molecular flexibility index (Phi) is 10.1. The molecule has 0 aliphatic heterocycles. The van der Waals surface area contributed by atoms with Gasteiger partial charge in [-0.25, -0.2) is 0 Å². The quantitative estimate of drug-likeness (QED) is 0.506. The fourth-order valence-electron chi connectivity index (χ4n) is 0.831. The third-order valence-electron chi connectivity index (χ3n) is 1.84. The van der Waals surface area contributed by atoms with Crippen LogP contribution in [0.25, 0.3) is 0 Å². The number of carboxylic acids is 1. The van der Waals surface area contributed by atoms with Gasteiger partial charge in [0, 0.05) is 20.1 Å².